The first-order valence-electron chi connectivity index (χ1n) is 11.1. The lowest BCUT2D eigenvalue weighted by molar-refractivity contribution is 0.108. The number of aromatic nitrogens is 1. The molecule has 1 N–H and O–H groups in total. The van der Waals surface area contributed by atoms with Crippen molar-refractivity contribution in [2.45, 2.75) is 32.1 Å². The lowest BCUT2D eigenvalue weighted by Crippen LogP contribution is -2.46. The van der Waals surface area contributed by atoms with Crippen molar-refractivity contribution in [2.75, 3.05) is 56.7 Å². The second-order valence-corrected chi connectivity index (χ2v) is 9.55. The molecule has 0 radical (unpaired) electrons. The number of likely N-dealkylation sites (tertiary alicyclic amines) is 1. The number of carbonyl (C=O) groups is 1. The van der Waals surface area contributed by atoms with Crippen LogP contribution >= 0.6 is 11.3 Å². The normalized spacial score (nSPS) is 24.6. The summed E-state index contributed by atoms with van der Waals surface area (Å²) in [5.74, 6) is 2.22. The van der Waals surface area contributed by atoms with Crippen molar-refractivity contribution in [2.24, 2.45) is 11.8 Å². The molecule has 1 saturated carbocycles. The number of benzene rings is 1. The molecule has 2 atom stereocenters. The quantitative estimate of drug-likeness (QED) is 0.791. The van der Waals surface area contributed by atoms with Crippen LogP contribution in [0.3, 0.4) is 0 Å². The molecule has 0 spiro atoms. The van der Waals surface area contributed by atoms with Crippen LogP contribution in [-0.4, -0.2) is 62.4 Å². The standard InChI is InChI=1S/C22H30N4O3S/c1-28-18-7-6-17(25-10-12-29-13-11-25)20-19(18)23-21(30-20)24-22(27)26-9-8-15-4-2-3-5-16(15)14-26/h6-7,15-16H,2-5,8-14H2,1H3,(H,23,24,27). The number of anilines is 2. The Morgan fingerprint density at radius 3 is 2.77 bits per heavy atom. The zero-order valence-electron chi connectivity index (χ0n) is 17.6. The minimum Gasteiger partial charge on any atom is -0.494 e. The average Bonchev–Trinajstić information content (AvgIpc) is 3.22. The molecular weight excluding hydrogens is 400 g/mol. The maximum absolute atomic E-state index is 13.0. The van der Waals surface area contributed by atoms with E-state index in [1.807, 2.05) is 11.0 Å². The third-order valence-corrected chi connectivity index (χ3v) is 7.84. The minimum atomic E-state index is -0.0232. The van der Waals surface area contributed by atoms with Crippen molar-refractivity contribution < 1.29 is 14.3 Å². The number of hydrogen-bond donors (Lipinski definition) is 1. The third kappa shape index (κ3) is 3.83. The average molecular weight is 431 g/mol. The Labute approximate surface area is 181 Å². The van der Waals surface area contributed by atoms with Gasteiger partial charge in [0.2, 0.25) is 0 Å². The molecule has 1 aromatic carbocycles. The van der Waals surface area contributed by atoms with E-state index >= 15 is 0 Å². The molecule has 3 heterocycles. The van der Waals surface area contributed by atoms with Gasteiger partial charge in [-0.05, 0) is 36.8 Å². The number of nitrogens with one attached hydrogen (secondary N) is 1. The number of methoxy groups -OCH3 is 1. The molecule has 3 fully saturated rings. The minimum absolute atomic E-state index is 0.0232. The zero-order chi connectivity index (χ0) is 20.5. The number of rotatable bonds is 3. The molecule has 2 amide bonds. The van der Waals surface area contributed by atoms with E-state index in [-0.39, 0.29) is 6.03 Å². The molecule has 1 aromatic heterocycles. The SMILES string of the molecule is COc1ccc(N2CCOCC2)c2sc(NC(=O)N3CCC4CCCCC4C3)nc12. The molecule has 3 aliphatic rings. The van der Waals surface area contributed by atoms with Crippen LogP contribution in [0.1, 0.15) is 32.1 Å². The molecule has 5 rings (SSSR count). The number of morpholine rings is 1. The van der Waals surface area contributed by atoms with Gasteiger partial charge in [-0.25, -0.2) is 9.78 Å². The van der Waals surface area contributed by atoms with Crippen LogP contribution in [0.25, 0.3) is 10.2 Å². The van der Waals surface area contributed by atoms with Gasteiger partial charge in [0.05, 0.1) is 30.7 Å². The smallest absolute Gasteiger partial charge is 0.323 e. The van der Waals surface area contributed by atoms with Crippen molar-refractivity contribution in [3.05, 3.63) is 12.1 Å². The number of carbonyl (C=O) groups excluding carboxylic acids is 1. The van der Waals surface area contributed by atoms with Crippen LogP contribution in [0.15, 0.2) is 12.1 Å². The number of urea groups is 1. The molecule has 8 heteroatoms. The maximum atomic E-state index is 13.0. The summed E-state index contributed by atoms with van der Waals surface area (Å²) in [6.45, 7) is 4.90. The number of amides is 2. The van der Waals surface area contributed by atoms with E-state index in [4.69, 9.17) is 14.5 Å². The van der Waals surface area contributed by atoms with E-state index in [1.165, 1.54) is 37.0 Å². The summed E-state index contributed by atoms with van der Waals surface area (Å²) in [6, 6.07) is 4.03. The number of thiazole rings is 1. The van der Waals surface area contributed by atoms with Gasteiger partial charge in [-0.15, -0.1) is 0 Å². The van der Waals surface area contributed by atoms with Crippen LogP contribution in [0, 0.1) is 11.8 Å². The van der Waals surface area contributed by atoms with Crippen LogP contribution in [0.4, 0.5) is 15.6 Å². The van der Waals surface area contributed by atoms with Crippen LogP contribution in [0.5, 0.6) is 5.75 Å². The molecule has 0 bridgehead atoms. The Kier molecular flexibility index (Phi) is 5.69. The van der Waals surface area contributed by atoms with E-state index in [0.717, 1.165) is 73.4 Å². The van der Waals surface area contributed by atoms with E-state index in [9.17, 15) is 4.79 Å². The first-order chi connectivity index (χ1) is 14.7. The number of piperidine rings is 1. The van der Waals surface area contributed by atoms with E-state index in [0.29, 0.717) is 11.0 Å². The fraction of sp³-hybridized carbons (Fsp3) is 0.636. The van der Waals surface area contributed by atoms with Gasteiger partial charge >= 0.3 is 6.03 Å². The van der Waals surface area contributed by atoms with Crippen LogP contribution in [0.2, 0.25) is 0 Å². The van der Waals surface area contributed by atoms with Crippen molar-refractivity contribution in [3.8, 4) is 5.75 Å². The molecule has 2 unspecified atom stereocenters. The maximum Gasteiger partial charge on any atom is 0.323 e. The highest BCUT2D eigenvalue weighted by molar-refractivity contribution is 7.23. The van der Waals surface area contributed by atoms with Gasteiger partial charge < -0.3 is 19.3 Å². The van der Waals surface area contributed by atoms with Gasteiger partial charge in [-0.1, -0.05) is 30.6 Å². The Morgan fingerprint density at radius 2 is 1.97 bits per heavy atom. The fourth-order valence-corrected chi connectivity index (χ4v) is 6.21. The fourth-order valence-electron chi connectivity index (χ4n) is 5.20. The van der Waals surface area contributed by atoms with Gasteiger partial charge in [-0.2, -0.15) is 0 Å². The molecule has 2 saturated heterocycles. The number of nitrogens with zero attached hydrogens (tertiary/aromatic N) is 3. The summed E-state index contributed by atoms with van der Waals surface area (Å²) >= 11 is 1.53. The largest absolute Gasteiger partial charge is 0.494 e. The van der Waals surface area contributed by atoms with Gasteiger partial charge in [0.1, 0.15) is 11.3 Å². The number of fused-ring (bicyclic) bond motifs is 2. The summed E-state index contributed by atoms with van der Waals surface area (Å²) < 4.78 is 12.1. The summed E-state index contributed by atoms with van der Waals surface area (Å²) in [5, 5.41) is 3.71. The van der Waals surface area contributed by atoms with Crippen molar-refractivity contribution in [1.29, 1.82) is 0 Å². The third-order valence-electron chi connectivity index (χ3n) is 6.85. The topological polar surface area (TPSA) is 66.9 Å². The first-order valence-corrected chi connectivity index (χ1v) is 11.9. The Hall–Kier alpha value is -2.06. The highest BCUT2D eigenvalue weighted by atomic mass is 32.1. The van der Waals surface area contributed by atoms with Crippen LogP contribution < -0.4 is 15.0 Å². The monoisotopic (exact) mass is 430 g/mol. The predicted molar refractivity (Wildman–Crippen MR) is 120 cm³/mol. The Bertz CT molecular complexity index is 911. The van der Waals surface area contributed by atoms with Crippen molar-refractivity contribution in [3.63, 3.8) is 0 Å². The summed E-state index contributed by atoms with van der Waals surface area (Å²) in [5.41, 5.74) is 1.95. The Morgan fingerprint density at radius 1 is 1.17 bits per heavy atom. The van der Waals surface area contributed by atoms with Gasteiger partial charge in [0.25, 0.3) is 0 Å². The van der Waals surface area contributed by atoms with Crippen LogP contribution in [-0.2, 0) is 4.74 Å². The summed E-state index contributed by atoms with van der Waals surface area (Å²) in [4.78, 5) is 22.0. The molecular formula is C22H30N4O3S. The van der Waals surface area contributed by atoms with Gasteiger partial charge in [0.15, 0.2) is 5.13 Å². The highest BCUT2D eigenvalue weighted by Gasteiger charge is 2.33. The summed E-state index contributed by atoms with van der Waals surface area (Å²) in [7, 11) is 1.66. The predicted octanol–water partition coefficient (Wildman–Crippen LogP) is 4.19. The van der Waals surface area contributed by atoms with Gasteiger partial charge in [-0.3, -0.25) is 5.32 Å². The lowest BCUT2D eigenvalue weighted by atomic mass is 9.75. The van der Waals surface area contributed by atoms with Crippen molar-refractivity contribution >= 4 is 38.4 Å². The second kappa shape index (κ2) is 8.59. The lowest BCUT2D eigenvalue weighted by Gasteiger charge is -2.41. The van der Waals surface area contributed by atoms with E-state index in [1.54, 1.807) is 7.11 Å². The molecule has 162 valence electrons. The second-order valence-electron chi connectivity index (χ2n) is 8.55. The molecule has 2 aliphatic heterocycles. The highest BCUT2D eigenvalue weighted by Crippen LogP contribution is 2.40. The molecule has 7 nitrogen and oxygen atoms in total. The first kappa shape index (κ1) is 19.9. The van der Waals surface area contributed by atoms with Crippen molar-refractivity contribution in [1.82, 2.24) is 9.88 Å². The molecule has 2 aromatic rings. The molecule has 1 aliphatic carbocycles. The van der Waals surface area contributed by atoms with Gasteiger partial charge in [0, 0.05) is 26.2 Å². The van der Waals surface area contributed by atoms with E-state index < -0.39 is 0 Å². The summed E-state index contributed by atoms with van der Waals surface area (Å²) in [6.07, 6.45) is 6.38. The zero-order valence-corrected chi connectivity index (χ0v) is 18.4. The number of ether oxygens (including phenoxy) is 2. The van der Waals surface area contributed by atoms with E-state index in [2.05, 4.69) is 16.3 Å². The Balaban J connectivity index is 1.36. The number of hydrogen-bond acceptors (Lipinski definition) is 6. The molecule has 30 heavy (non-hydrogen) atoms.